The predicted molar refractivity (Wildman–Crippen MR) is 126 cm³/mol. The van der Waals surface area contributed by atoms with Crippen LogP contribution in [-0.4, -0.2) is 40.4 Å². The molecule has 2 aliphatic rings. The Labute approximate surface area is 203 Å². The maximum absolute atomic E-state index is 12.9. The highest BCUT2D eigenvalue weighted by molar-refractivity contribution is 6.05. The number of imide groups is 1. The number of alkyl carbamates (subject to hydrolysis) is 1. The van der Waals surface area contributed by atoms with Crippen LogP contribution in [0.25, 0.3) is 0 Å². The maximum atomic E-state index is 12.9. The number of nitrogens with one attached hydrogen (secondary N) is 2. The third-order valence-corrected chi connectivity index (χ3v) is 5.79. The van der Waals surface area contributed by atoms with Crippen LogP contribution in [0.2, 0.25) is 0 Å². The Morgan fingerprint density at radius 1 is 1.09 bits per heavy atom. The van der Waals surface area contributed by atoms with Gasteiger partial charge in [-0.1, -0.05) is 30.3 Å². The van der Waals surface area contributed by atoms with Crippen molar-refractivity contribution in [3.63, 3.8) is 0 Å². The van der Waals surface area contributed by atoms with E-state index in [1.165, 1.54) is 4.90 Å². The largest absolute Gasteiger partial charge is 0.489 e. The number of carbonyl (C=O) groups is 4. The minimum atomic E-state index is -0.665. The normalized spacial score (nSPS) is 17.6. The molecule has 2 heterocycles. The molecule has 4 rings (SSSR count). The summed E-state index contributed by atoms with van der Waals surface area (Å²) in [5.41, 5.74) is 2.55. The number of fused-ring (bicyclic) bond motifs is 1. The zero-order valence-electron chi connectivity index (χ0n) is 20.1. The van der Waals surface area contributed by atoms with Crippen LogP contribution in [0.4, 0.5) is 4.79 Å². The average molecular weight is 480 g/mol. The summed E-state index contributed by atoms with van der Waals surface area (Å²) in [7, 11) is 0. The molecule has 0 aliphatic carbocycles. The minimum Gasteiger partial charge on any atom is -0.489 e. The number of benzene rings is 2. The van der Waals surface area contributed by atoms with Crippen molar-refractivity contribution in [3.8, 4) is 5.75 Å². The van der Waals surface area contributed by atoms with E-state index in [-0.39, 0.29) is 24.8 Å². The van der Waals surface area contributed by atoms with E-state index < -0.39 is 23.6 Å². The van der Waals surface area contributed by atoms with Crippen molar-refractivity contribution in [1.29, 1.82) is 0 Å². The summed E-state index contributed by atoms with van der Waals surface area (Å²) >= 11 is 0. The van der Waals surface area contributed by atoms with Gasteiger partial charge in [-0.3, -0.25) is 19.7 Å². The highest BCUT2D eigenvalue weighted by atomic mass is 16.6. The van der Waals surface area contributed by atoms with Crippen LogP contribution in [0.3, 0.4) is 0 Å². The molecule has 2 N–H and O–H groups in total. The molecule has 35 heavy (non-hydrogen) atoms. The van der Waals surface area contributed by atoms with Gasteiger partial charge < -0.3 is 19.7 Å². The number of hydrogen-bond acceptors (Lipinski definition) is 6. The zero-order chi connectivity index (χ0) is 25.2. The van der Waals surface area contributed by atoms with Gasteiger partial charge in [-0.2, -0.15) is 0 Å². The Balaban J connectivity index is 1.36. The molecular weight excluding hydrogens is 450 g/mol. The van der Waals surface area contributed by atoms with Crippen LogP contribution < -0.4 is 15.4 Å². The summed E-state index contributed by atoms with van der Waals surface area (Å²) in [5.74, 6) is -0.403. The third-order valence-electron chi connectivity index (χ3n) is 5.79. The molecule has 0 aromatic heterocycles. The van der Waals surface area contributed by atoms with E-state index in [2.05, 4.69) is 10.6 Å². The first-order valence-electron chi connectivity index (χ1n) is 11.5. The topological polar surface area (TPSA) is 114 Å². The van der Waals surface area contributed by atoms with Crippen molar-refractivity contribution in [2.24, 2.45) is 0 Å². The van der Waals surface area contributed by atoms with Crippen LogP contribution >= 0.6 is 0 Å². The van der Waals surface area contributed by atoms with E-state index in [0.29, 0.717) is 30.9 Å². The molecule has 1 unspecified atom stereocenters. The molecule has 0 saturated carbocycles. The molecule has 0 spiro atoms. The molecule has 9 heteroatoms. The molecule has 2 aromatic rings. The van der Waals surface area contributed by atoms with E-state index >= 15 is 0 Å². The molecule has 9 nitrogen and oxygen atoms in total. The van der Waals surface area contributed by atoms with Crippen molar-refractivity contribution >= 4 is 23.8 Å². The molecule has 2 aromatic carbocycles. The molecule has 184 valence electrons. The molecule has 2 aliphatic heterocycles. The van der Waals surface area contributed by atoms with E-state index in [0.717, 1.165) is 16.7 Å². The average Bonchev–Trinajstić information content (AvgIpc) is 3.13. The van der Waals surface area contributed by atoms with Gasteiger partial charge in [0.1, 0.15) is 24.0 Å². The Bertz CT molecular complexity index is 1150. The number of ether oxygens (including phenoxy) is 2. The SMILES string of the molecule is CC(C)(C)OC(=O)NCc1ccc(COc2cccc3c2CN(C2CCC(=O)NC2=O)C3=O)cc1. The fourth-order valence-electron chi connectivity index (χ4n) is 4.10. The van der Waals surface area contributed by atoms with E-state index in [1.54, 1.807) is 18.2 Å². The van der Waals surface area contributed by atoms with Gasteiger partial charge in [0.25, 0.3) is 5.91 Å². The summed E-state index contributed by atoms with van der Waals surface area (Å²) in [5, 5.41) is 5.04. The van der Waals surface area contributed by atoms with Gasteiger partial charge in [-0.15, -0.1) is 0 Å². The summed E-state index contributed by atoms with van der Waals surface area (Å²) in [6, 6.07) is 12.3. The van der Waals surface area contributed by atoms with Gasteiger partial charge in [-0.05, 0) is 50.5 Å². The van der Waals surface area contributed by atoms with Crippen LogP contribution in [-0.2, 0) is 34.0 Å². The van der Waals surface area contributed by atoms with Crippen LogP contribution in [0.5, 0.6) is 5.75 Å². The second kappa shape index (κ2) is 9.77. The first-order chi connectivity index (χ1) is 16.6. The summed E-state index contributed by atoms with van der Waals surface area (Å²) in [6.45, 7) is 6.33. The van der Waals surface area contributed by atoms with Crippen molar-refractivity contribution in [2.75, 3.05) is 0 Å². The monoisotopic (exact) mass is 479 g/mol. The standard InChI is InChI=1S/C26H29N3O6/c1-26(2,3)35-25(33)27-13-16-7-9-17(10-8-16)15-34-21-6-4-5-18-19(21)14-29(24(18)32)20-11-12-22(30)28-23(20)31/h4-10,20H,11-15H2,1-3H3,(H,27,33)(H,28,30,31). The Morgan fingerprint density at radius 3 is 2.49 bits per heavy atom. The van der Waals surface area contributed by atoms with Gasteiger partial charge in [0.2, 0.25) is 11.8 Å². The predicted octanol–water partition coefficient (Wildman–Crippen LogP) is 3.05. The Hall–Kier alpha value is -3.88. The van der Waals surface area contributed by atoms with Gasteiger partial charge in [0.05, 0.1) is 6.54 Å². The third kappa shape index (κ3) is 5.79. The number of rotatable bonds is 6. The maximum Gasteiger partial charge on any atom is 0.407 e. The lowest BCUT2D eigenvalue weighted by Crippen LogP contribution is -2.52. The zero-order valence-corrected chi connectivity index (χ0v) is 20.1. The van der Waals surface area contributed by atoms with E-state index in [9.17, 15) is 19.2 Å². The van der Waals surface area contributed by atoms with Crippen molar-refractivity contribution in [2.45, 2.75) is 65.0 Å². The Morgan fingerprint density at radius 2 is 1.80 bits per heavy atom. The number of piperidine rings is 1. The molecule has 1 atom stereocenters. The second-order valence-corrected chi connectivity index (χ2v) is 9.64. The fraction of sp³-hybridized carbons (Fsp3) is 0.385. The highest BCUT2D eigenvalue weighted by Crippen LogP contribution is 2.34. The summed E-state index contributed by atoms with van der Waals surface area (Å²) < 4.78 is 11.3. The number of carbonyl (C=O) groups excluding carboxylic acids is 4. The fourth-order valence-corrected chi connectivity index (χ4v) is 4.10. The number of nitrogens with zero attached hydrogens (tertiary/aromatic N) is 1. The van der Waals surface area contributed by atoms with Gasteiger partial charge in [0.15, 0.2) is 0 Å². The van der Waals surface area contributed by atoms with Crippen molar-refractivity contribution in [3.05, 3.63) is 64.7 Å². The smallest absolute Gasteiger partial charge is 0.407 e. The van der Waals surface area contributed by atoms with Crippen LogP contribution in [0, 0.1) is 0 Å². The van der Waals surface area contributed by atoms with Gasteiger partial charge in [-0.25, -0.2) is 4.79 Å². The highest BCUT2D eigenvalue weighted by Gasteiger charge is 2.40. The minimum absolute atomic E-state index is 0.211. The molecule has 0 bridgehead atoms. The number of hydrogen-bond donors (Lipinski definition) is 2. The lowest BCUT2D eigenvalue weighted by molar-refractivity contribution is -0.136. The molecule has 0 radical (unpaired) electrons. The van der Waals surface area contributed by atoms with E-state index in [1.807, 2.05) is 45.0 Å². The van der Waals surface area contributed by atoms with Gasteiger partial charge in [0, 0.05) is 24.1 Å². The Kier molecular flexibility index (Phi) is 6.77. The molecule has 1 saturated heterocycles. The first-order valence-corrected chi connectivity index (χ1v) is 11.5. The summed E-state index contributed by atoms with van der Waals surface area (Å²) in [6.07, 6.45) is 0.0579. The summed E-state index contributed by atoms with van der Waals surface area (Å²) in [4.78, 5) is 50.0. The lowest BCUT2D eigenvalue weighted by atomic mass is 10.0. The first kappa shape index (κ1) is 24.3. The molecule has 1 fully saturated rings. The second-order valence-electron chi connectivity index (χ2n) is 9.64. The van der Waals surface area contributed by atoms with Crippen molar-refractivity contribution < 1.29 is 28.7 Å². The van der Waals surface area contributed by atoms with Crippen LogP contribution in [0.1, 0.15) is 60.7 Å². The van der Waals surface area contributed by atoms with Crippen molar-refractivity contribution in [1.82, 2.24) is 15.5 Å². The van der Waals surface area contributed by atoms with Crippen LogP contribution in [0.15, 0.2) is 42.5 Å². The van der Waals surface area contributed by atoms with E-state index in [4.69, 9.17) is 9.47 Å². The molecule has 4 amide bonds. The molecular formula is C26H29N3O6. The lowest BCUT2D eigenvalue weighted by Gasteiger charge is -2.29. The van der Waals surface area contributed by atoms with Gasteiger partial charge >= 0.3 is 6.09 Å². The quantitative estimate of drug-likeness (QED) is 0.616. The number of amides is 4.